The van der Waals surface area contributed by atoms with Crippen LogP contribution >= 0.6 is 34.5 Å². The summed E-state index contributed by atoms with van der Waals surface area (Å²) in [5.74, 6) is -0.125. The fourth-order valence-electron chi connectivity index (χ4n) is 2.17. The molecule has 1 aromatic carbocycles. The molecular weight excluding hydrogens is 411 g/mol. The molecular formula is C17H12Cl2N4O3S. The molecule has 27 heavy (non-hydrogen) atoms. The number of hydrogen-bond acceptors (Lipinski definition) is 6. The van der Waals surface area contributed by atoms with Gasteiger partial charge in [0.15, 0.2) is 5.76 Å². The van der Waals surface area contributed by atoms with E-state index >= 15 is 0 Å². The predicted molar refractivity (Wildman–Crippen MR) is 107 cm³/mol. The highest BCUT2D eigenvalue weighted by Crippen LogP contribution is 2.31. The third kappa shape index (κ3) is 4.36. The standard InChI is InChI=1S/C17H12Cl2N4O3S/c1-2-7-20-17-22(21-9-12-4-6-16(26-12)23(24)25)15(10-27-17)13-8-11(18)3-5-14(13)19/h2-6,8-10H,1,7H2. The van der Waals surface area contributed by atoms with Crippen molar-refractivity contribution >= 4 is 46.6 Å². The van der Waals surface area contributed by atoms with Gasteiger partial charge in [-0.2, -0.15) is 5.10 Å². The van der Waals surface area contributed by atoms with E-state index in [1.165, 1.54) is 29.7 Å². The number of nitro groups is 1. The number of halogens is 2. The lowest BCUT2D eigenvalue weighted by molar-refractivity contribution is -0.402. The van der Waals surface area contributed by atoms with E-state index in [4.69, 9.17) is 27.6 Å². The molecule has 7 nitrogen and oxygen atoms in total. The van der Waals surface area contributed by atoms with Crippen molar-refractivity contribution in [2.75, 3.05) is 6.54 Å². The topological polar surface area (TPSA) is 85.9 Å². The smallest absolute Gasteiger partial charge is 0.400 e. The van der Waals surface area contributed by atoms with Crippen LogP contribution in [0.15, 0.2) is 62.9 Å². The largest absolute Gasteiger partial charge is 0.433 e. The van der Waals surface area contributed by atoms with Crippen LogP contribution in [0.5, 0.6) is 0 Å². The van der Waals surface area contributed by atoms with Crippen molar-refractivity contribution in [2.45, 2.75) is 0 Å². The van der Waals surface area contributed by atoms with Gasteiger partial charge in [0.25, 0.3) is 0 Å². The summed E-state index contributed by atoms with van der Waals surface area (Å²) in [5, 5.41) is 18.0. The molecule has 0 unspecified atom stereocenters. The van der Waals surface area contributed by atoms with Crippen LogP contribution < -0.4 is 4.80 Å². The Morgan fingerprint density at radius 2 is 2.15 bits per heavy atom. The highest BCUT2D eigenvalue weighted by Gasteiger charge is 2.13. The summed E-state index contributed by atoms with van der Waals surface area (Å²) in [5.41, 5.74) is 1.36. The highest BCUT2D eigenvalue weighted by atomic mass is 35.5. The van der Waals surface area contributed by atoms with E-state index in [1.54, 1.807) is 29.0 Å². The maximum Gasteiger partial charge on any atom is 0.433 e. The monoisotopic (exact) mass is 422 g/mol. The van der Waals surface area contributed by atoms with Crippen LogP contribution in [0.25, 0.3) is 11.3 Å². The minimum absolute atomic E-state index is 0.234. The van der Waals surface area contributed by atoms with Crippen LogP contribution in [-0.4, -0.2) is 22.4 Å². The average Bonchev–Trinajstić information content (AvgIpc) is 3.27. The molecule has 3 aromatic rings. The second-order valence-corrected chi connectivity index (χ2v) is 6.83. The number of thiazole rings is 1. The number of nitrogens with zero attached hydrogens (tertiary/aromatic N) is 4. The maximum absolute atomic E-state index is 10.7. The number of hydrogen-bond donors (Lipinski definition) is 0. The fraction of sp³-hybridized carbons (Fsp3) is 0.0588. The lowest BCUT2D eigenvalue weighted by Crippen LogP contribution is -2.12. The summed E-state index contributed by atoms with van der Waals surface area (Å²) in [6.45, 7) is 4.06. The molecule has 0 atom stereocenters. The van der Waals surface area contributed by atoms with E-state index in [0.29, 0.717) is 32.6 Å². The molecule has 0 saturated carbocycles. The summed E-state index contributed by atoms with van der Waals surface area (Å²) < 4.78 is 6.67. The number of furan rings is 1. The Hall–Kier alpha value is -2.68. The van der Waals surface area contributed by atoms with E-state index < -0.39 is 4.92 Å². The van der Waals surface area contributed by atoms with Crippen LogP contribution in [-0.2, 0) is 0 Å². The van der Waals surface area contributed by atoms with Gasteiger partial charge in [-0.25, -0.2) is 4.68 Å². The zero-order valence-corrected chi connectivity index (χ0v) is 16.0. The summed E-state index contributed by atoms with van der Waals surface area (Å²) in [6.07, 6.45) is 3.03. The van der Waals surface area contributed by atoms with Crippen molar-refractivity contribution in [1.29, 1.82) is 0 Å². The minimum atomic E-state index is -0.614. The van der Waals surface area contributed by atoms with Crippen molar-refractivity contribution in [3.63, 3.8) is 0 Å². The molecule has 0 spiro atoms. The summed E-state index contributed by atoms with van der Waals surface area (Å²) in [6, 6.07) is 7.84. The van der Waals surface area contributed by atoms with Gasteiger partial charge in [-0.1, -0.05) is 29.3 Å². The molecule has 0 N–H and O–H groups in total. The lowest BCUT2D eigenvalue weighted by atomic mass is 10.2. The first-order valence-corrected chi connectivity index (χ1v) is 9.19. The third-order valence-corrected chi connectivity index (χ3v) is 4.76. The van der Waals surface area contributed by atoms with Gasteiger partial charge < -0.3 is 4.42 Å². The molecule has 0 saturated heterocycles. The molecule has 0 aliphatic rings. The zero-order valence-electron chi connectivity index (χ0n) is 13.7. The number of aromatic nitrogens is 1. The van der Waals surface area contributed by atoms with Crippen LogP contribution in [0.1, 0.15) is 5.76 Å². The first kappa shape index (κ1) is 19.1. The molecule has 3 rings (SSSR count). The van der Waals surface area contributed by atoms with Gasteiger partial charge in [0.1, 0.15) is 4.92 Å². The maximum atomic E-state index is 10.7. The Labute approximate surface area is 167 Å². The van der Waals surface area contributed by atoms with Crippen LogP contribution in [0, 0.1) is 10.1 Å². The highest BCUT2D eigenvalue weighted by molar-refractivity contribution is 7.07. The van der Waals surface area contributed by atoms with E-state index in [2.05, 4.69) is 16.7 Å². The Morgan fingerprint density at radius 1 is 1.33 bits per heavy atom. The Bertz CT molecular complexity index is 1100. The van der Waals surface area contributed by atoms with Crippen LogP contribution in [0.3, 0.4) is 0 Å². The molecule has 0 fully saturated rings. The Morgan fingerprint density at radius 3 is 2.85 bits per heavy atom. The number of benzene rings is 1. The van der Waals surface area contributed by atoms with Crippen molar-refractivity contribution in [2.24, 2.45) is 10.1 Å². The molecule has 0 radical (unpaired) electrons. The SMILES string of the molecule is C=CCN=c1scc(-c2cc(Cl)ccc2Cl)n1N=Cc1ccc([N+](=O)[O-])o1. The van der Waals surface area contributed by atoms with Crippen LogP contribution in [0.4, 0.5) is 5.88 Å². The van der Waals surface area contributed by atoms with Gasteiger partial charge in [-0.05, 0) is 24.3 Å². The normalized spacial score (nSPS) is 12.0. The Kier molecular flexibility index (Phi) is 5.90. The third-order valence-electron chi connectivity index (χ3n) is 3.34. The molecule has 0 amide bonds. The van der Waals surface area contributed by atoms with Crippen molar-refractivity contribution in [3.8, 4) is 11.3 Å². The fourth-order valence-corrected chi connectivity index (χ4v) is 3.39. The van der Waals surface area contributed by atoms with Gasteiger partial charge in [-0.3, -0.25) is 15.1 Å². The van der Waals surface area contributed by atoms with Gasteiger partial charge in [0.05, 0.1) is 29.5 Å². The quantitative estimate of drug-likeness (QED) is 0.242. The molecule has 0 bridgehead atoms. The average molecular weight is 423 g/mol. The molecule has 2 aromatic heterocycles. The van der Waals surface area contributed by atoms with E-state index in [-0.39, 0.29) is 11.6 Å². The molecule has 138 valence electrons. The van der Waals surface area contributed by atoms with Gasteiger partial charge in [0.2, 0.25) is 4.80 Å². The summed E-state index contributed by atoms with van der Waals surface area (Å²) in [7, 11) is 0. The van der Waals surface area contributed by atoms with Gasteiger partial charge in [0, 0.05) is 16.0 Å². The van der Waals surface area contributed by atoms with Crippen molar-refractivity contribution in [3.05, 3.63) is 79.1 Å². The predicted octanol–water partition coefficient (Wildman–Crippen LogP) is 4.99. The lowest BCUT2D eigenvalue weighted by Gasteiger charge is -2.06. The van der Waals surface area contributed by atoms with Crippen LogP contribution in [0.2, 0.25) is 10.0 Å². The summed E-state index contributed by atoms with van der Waals surface area (Å²) >= 11 is 13.8. The first-order chi connectivity index (χ1) is 13.0. The second kappa shape index (κ2) is 8.34. The molecule has 2 heterocycles. The molecule has 0 aliphatic carbocycles. The van der Waals surface area contributed by atoms with Gasteiger partial charge in [-0.15, -0.1) is 17.9 Å². The second-order valence-electron chi connectivity index (χ2n) is 5.15. The Balaban J connectivity index is 2.09. The van der Waals surface area contributed by atoms with E-state index in [0.717, 1.165) is 0 Å². The van der Waals surface area contributed by atoms with E-state index in [9.17, 15) is 10.1 Å². The molecule has 10 heteroatoms. The van der Waals surface area contributed by atoms with Gasteiger partial charge >= 0.3 is 5.88 Å². The minimum Gasteiger partial charge on any atom is -0.400 e. The van der Waals surface area contributed by atoms with Crippen molar-refractivity contribution in [1.82, 2.24) is 4.68 Å². The van der Waals surface area contributed by atoms with E-state index in [1.807, 2.05) is 5.38 Å². The zero-order chi connectivity index (χ0) is 19.4. The first-order valence-electron chi connectivity index (χ1n) is 7.55. The van der Waals surface area contributed by atoms with Crippen molar-refractivity contribution < 1.29 is 9.34 Å². The summed E-state index contributed by atoms with van der Waals surface area (Å²) in [4.78, 5) is 15.1. The molecule has 0 aliphatic heterocycles. The number of rotatable bonds is 6.